The van der Waals surface area contributed by atoms with Gasteiger partial charge in [-0.2, -0.15) is 4.98 Å². The smallest absolute Gasteiger partial charge is 0.328 e. The molecule has 1 amide bonds. The lowest BCUT2D eigenvalue weighted by molar-refractivity contribution is 0.102. The molecule has 0 spiro atoms. The predicted octanol–water partition coefficient (Wildman–Crippen LogP) is 0.0640. The zero-order chi connectivity index (χ0) is 10.8. The monoisotopic (exact) mass is 226 g/mol. The SMILES string of the molecule is Cc1noc(NC(=O)c2nnc(N)s2)n1. The normalized spacial score (nSPS) is 10.2. The third kappa shape index (κ3) is 2.07. The average Bonchev–Trinajstić information content (AvgIpc) is 2.75. The quantitative estimate of drug-likeness (QED) is 0.742. The van der Waals surface area contributed by atoms with Crippen molar-refractivity contribution in [2.75, 3.05) is 11.1 Å². The molecule has 2 aromatic rings. The van der Waals surface area contributed by atoms with Crippen molar-refractivity contribution in [3.05, 3.63) is 10.8 Å². The summed E-state index contributed by atoms with van der Waals surface area (Å²) in [5.74, 6) is -0.0464. The first-order valence-electron chi connectivity index (χ1n) is 3.86. The van der Waals surface area contributed by atoms with Crippen molar-refractivity contribution < 1.29 is 9.32 Å². The number of nitrogen functional groups attached to an aromatic ring is 1. The van der Waals surface area contributed by atoms with Crippen LogP contribution >= 0.6 is 11.3 Å². The van der Waals surface area contributed by atoms with Gasteiger partial charge in [-0.15, -0.1) is 10.2 Å². The van der Waals surface area contributed by atoms with E-state index in [0.29, 0.717) is 5.82 Å². The number of nitrogens with two attached hydrogens (primary N) is 1. The van der Waals surface area contributed by atoms with Gasteiger partial charge < -0.3 is 10.3 Å². The summed E-state index contributed by atoms with van der Waals surface area (Å²) in [4.78, 5) is 15.2. The van der Waals surface area contributed by atoms with E-state index < -0.39 is 5.91 Å². The first-order valence-corrected chi connectivity index (χ1v) is 4.67. The molecule has 15 heavy (non-hydrogen) atoms. The Labute approximate surface area is 87.5 Å². The number of amides is 1. The molecule has 0 bridgehead atoms. The number of hydrogen-bond donors (Lipinski definition) is 2. The highest BCUT2D eigenvalue weighted by molar-refractivity contribution is 7.16. The van der Waals surface area contributed by atoms with E-state index in [-0.39, 0.29) is 16.2 Å². The van der Waals surface area contributed by atoms with Gasteiger partial charge in [0.25, 0.3) is 5.91 Å². The molecule has 0 fully saturated rings. The third-order valence-electron chi connectivity index (χ3n) is 1.38. The lowest BCUT2D eigenvalue weighted by Crippen LogP contribution is -2.11. The van der Waals surface area contributed by atoms with Crippen molar-refractivity contribution in [3.8, 4) is 0 Å². The summed E-state index contributed by atoms with van der Waals surface area (Å²) in [6, 6.07) is 0.0197. The van der Waals surface area contributed by atoms with Crippen LogP contribution in [0.1, 0.15) is 15.6 Å². The van der Waals surface area contributed by atoms with Crippen LogP contribution in [-0.2, 0) is 0 Å². The lowest BCUT2D eigenvalue weighted by atomic mass is 10.6. The fraction of sp³-hybridized carbons (Fsp3) is 0.167. The Hall–Kier alpha value is -2.03. The molecule has 0 unspecified atom stereocenters. The maximum Gasteiger partial charge on any atom is 0.328 e. The molecule has 78 valence electrons. The Morgan fingerprint density at radius 1 is 1.53 bits per heavy atom. The minimum Gasteiger partial charge on any atom is -0.374 e. The van der Waals surface area contributed by atoms with Crippen molar-refractivity contribution in [3.63, 3.8) is 0 Å². The lowest BCUT2D eigenvalue weighted by Gasteiger charge is -1.92. The number of carbonyl (C=O) groups excluding carboxylic acids is 1. The first kappa shape index (κ1) is 9.52. The second-order valence-electron chi connectivity index (χ2n) is 2.55. The second kappa shape index (κ2) is 3.61. The number of aryl methyl sites for hydroxylation is 1. The highest BCUT2D eigenvalue weighted by atomic mass is 32.1. The molecule has 0 saturated heterocycles. The Morgan fingerprint density at radius 2 is 2.33 bits per heavy atom. The standard InChI is InChI=1S/C6H6N6O2S/c1-2-8-6(14-12-2)9-3(13)4-10-11-5(7)15-4/h1H3,(H2,7,11)(H,8,9,12,13). The third-order valence-corrected chi connectivity index (χ3v) is 2.13. The van der Waals surface area contributed by atoms with Crippen LogP contribution in [0.15, 0.2) is 4.52 Å². The van der Waals surface area contributed by atoms with Gasteiger partial charge in [-0.25, -0.2) is 0 Å². The summed E-state index contributed by atoms with van der Waals surface area (Å²) in [6.07, 6.45) is 0. The molecule has 9 heteroatoms. The van der Waals surface area contributed by atoms with Crippen LogP contribution in [0.4, 0.5) is 11.1 Å². The molecule has 0 radical (unpaired) electrons. The fourth-order valence-corrected chi connectivity index (χ4v) is 1.33. The van der Waals surface area contributed by atoms with Gasteiger partial charge in [-0.05, 0) is 6.92 Å². The molecular formula is C6H6N6O2S. The van der Waals surface area contributed by atoms with Gasteiger partial charge in [0.2, 0.25) is 10.1 Å². The number of hydrogen-bond acceptors (Lipinski definition) is 8. The molecule has 0 aliphatic heterocycles. The van der Waals surface area contributed by atoms with Crippen LogP contribution in [-0.4, -0.2) is 26.2 Å². The summed E-state index contributed by atoms with van der Waals surface area (Å²) in [5.41, 5.74) is 5.33. The minimum absolute atomic E-state index is 0.0197. The molecule has 0 aromatic carbocycles. The highest BCUT2D eigenvalue weighted by Gasteiger charge is 2.14. The summed E-state index contributed by atoms with van der Waals surface area (Å²) < 4.78 is 4.70. The summed E-state index contributed by atoms with van der Waals surface area (Å²) >= 11 is 0.976. The fourth-order valence-electron chi connectivity index (χ4n) is 0.825. The van der Waals surface area contributed by atoms with Crippen molar-refractivity contribution in [2.45, 2.75) is 6.92 Å². The topological polar surface area (TPSA) is 120 Å². The van der Waals surface area contributed by atoms with E-state index in [1.54, 1.807) is 6.92 Å². The van der Waals surface area contributed by atoms with Crippen molar-refractivity contribution in [2.24, 2.45) is 0 Å². The van der Waals surface area contributed by atoms with Gasteiger partial charge in [0.1, 0.15) is 0 Å². The van der Waals surface area contributed by atoms with Gasteiger partial charge >= 0.3 is 6.01 Å². The van der Waals surface area contributed by atoms with Crippen LogP contribution in [0.3, 0.4) is 0 Å². The zero-order valence-electron chi connectivity index (χ0n) is 7.59. The second-order valence-corrected chi connectivity index (χ2v) is 3.56. The number of anilines is 2. The Balaban J connectivity index is 2.10. The minimum atomic E-state index is -0.479. The number of aromatic nitrogens is 4. The molecule has 8 nitrogen and oxygen atoms in total. The number of carbonyl (C=O) groups is 1. The van der Waals surface area contributed by atoms with Crippen molar-refractivity contribution in [1.29, 1.82) is 0 Å². The molecule has 3 N–H and O–H groups in total. The Bertz CT molecular complexity index is 491. The Morgan fingerprint density at radius 3 is 2.87 bits per heavy atom. The van der Waals surface area contributed by atoms with E-state index in [1.165, 1.54) is 0 Å². The largest absolute Gasteiger partial charge is 0.374 e. The molecule has 0 saturated carbocycles. The van der Waals surface area contributed by atoms with Crippen LogP contribution < -0.4 is 11.1 Å². The van der Waals surface area contributed by atoms with Gasteiger partial charge in [0.15, 0.2) is 5.82 Å². The molecular weight excluding hydrogens is 220 g/mol. The molecule has 0 atom stereocenters. The van der Waals surface area contributed by atoms with Crippen LogP contribution in [0.5, 0.6) is 0 Å². The van der Waals surface area contributed by atoms with E-state index >= 15 is 0 Å². The maximum atomic E-state index is 11.5. The molecule has 2 heterocycles. The zero-order valence-corrected chi connectivity index (χ0v) is 8.41. The van der Waals surface area contributed by atoms with Gasteiger partial charge in [0, 0.05) is 0 Å². The van der Waals surface area contributed by atoms with E-state index in [1.807, 2.05) is 0 Å². The van der Waals surface area contributed by atoms with E-state index in [0.717, 1.165) is 11.3 Å². The predicted molar refractivity (Wildman–Crippen MR) is 51.3 cm³/mol. The molecule has 2 rings (SSSR count). The van der Waals surface area contributed by atoms with Gasteiger partial charge in [-0.1, -0.05) is 16.5 Å². The van der Waals surface area contributed by atoms with E-state index in [9.17, 15) is 4.79 Å². The summed E-state index contributed by atoms with van der Waals surface area (Å²) in [6.45, 7) is 1.64. The Kier molecular flexibility index (Phi) is 2.29. The molecule has 0 aliphatic rings. The first-order chi connectivity index (χ1) is 7.15. The number of nitrogens with one attached hydrogen (secondary N) is 1. The molecule has 0 aliphatic carbocycles. The van der Waals surface area contributed by atoms with Gasteiger partial charge in [-0.3, -0.25) is 10.1 Å². The summed E-state index contributed by atoms with van der Waals surface area (Å²) in [7, 11) is 0. The van der Waals surface area contributed by atoms with Crippen molar-refractivity contribution >= 4 is 28.4 Å². The van der Waals surface area contributed by atoms with Crippen LogP contribution in [0, 0.1) is 6.92 Å². The highest BCUT2D eigenvalue weighted by Crippen LogP contribution is 2.12. The van der Waals surface area contributed by atoms with Gasteiger partial charge in [0.05, 0.1) is 0 Å². The van der Waals surface area contributed by atoms with E-state index in [4.69, 9.17) is 10.3 Å². The molecule has 2 aromatic heterocycles. The number of nitrogens with zero attached hydrogens (tertiary/aromatic N) is 4. The van der Waals surface area contributed by atoms with Crippen LogP contribution in [0.2, 0.25) is 0 Å². The number of rotatable bonds is 2. The average molecular weight is 226 g/mol. The maximum absolute atomic E-state index is 11.5. The summed E-state index contributed by atoms with van der Waals surface area (Å²) in [5, 5.41) is 13.3. The van der Waals surface area contributed by atoms with Crippen LogP contribution in [0.25, 0.3) is 0 Å². The van der Waals surface area contributed by atoms with E-state index in [2.05, 4.69) is 25.7 Å². The van der Waals surface area contributed by atoms with Crippen molar-refractivity contribution in [1.82, 2.24) is 20.3 Å².